The summed E-state index contributed by atoms with van der Waals surface area (Å²) < 4.78 is 26.7. The smallest absolute Gasteiger partial charge is 0.240 e. The average molecular weight is 302 g/mol. The molecule has 0 bridgehead atoms. The van der Waals surface area contributed by atoms with Crippen molar-refractivity contribution in [2.75, 3.05) is 0 Å². The van der Waals surface area contributed by atoms with Crippen LogP contribution in [-0.2, 0) is 23.0 Å². The van der Waals surface area contributed by atoms with Gasteiger partial charge in [0.15, 0.2) is 0 Å². The molecule has 0 unspecified atom stereocenters. The molecule has 0 aliphatic heterocycles. The third kappa shape index (κ3) is 4.05. The standard InChI is InChI=1S/C15H14N2O3S/c16-9-8-12-4-6-15(7-5-12)21(19,20)17-11-13-2-1-3-14(18)10-13/h1-7,10,17-18H,8,11H2. The van der Waals surface area contributed by atoms with E-state index >= 15 is 0 Å². The molecule has 0 amide bonds. The first kappa shape index (κ1) is 15.0. The molecule has 0 aliphatic rings. The van der Waals surface area contributed by atoms with Crippen LogP contribution in [-0.4, -0.2) is 13.5 Å². The number of hydrogen-bond donors (Lipinski definition) is 2. The lowest BCUT2D eigenvalue weighted by Gasteiger charge is -2.07. The summed E-state index contributed by atoms with van der Waals surface area (Å²) in [5.74, 6) is 0.0903. The Hall–Kier alpha value is -2.36. The molecule has 0 aliphatic carbocycles. The summed E-state index contributed by atoms with van der Waals surface area (Å²) in [5.41, 5.74) is 1.43. The van der Waals surface area contributed by atoms with Gasteiger partial charge in [-0.3, -0.25) is 0 Å². The number of nitrogens with one attached hydrogen (secondary N) is 1. The molecule has 2 aromatic rings. The van der Waals surface area contributed by atoms with E-state index in [9.17, 15) is 13.5 Å². The molecule has 0 fully saturated rings. The zero-order valence-electron chi connectivity index (χ0n) is 11.2. The highest BCUT2D eigenvalue weighted by Crippen LogP contribution is 2.14. The van der Waals surface area contributed by atoms with E-state index in [4.69, 9.17) is 5.26 Å². The summed E-state index contributed by atoms with van der Waals surface area (Å²) >= 11 is 0. The number of rotatable bonds is 5. The molecule has 0 heterocycles. The Morgan fingerprint density at radius 2 is 1.81 bits per heavy atom. The van der Waals surface area contributed by atoms with Crippen molar-refractivity contribution in [2.24, 2.45) is 0 Å². The van der Waals surface area contributed by atoms with E-state index in [0.717, 1.165) is 5.56 Å². The highest BCUT2D eigenvalue weighted by molar-refractivity contribution is 7.89. The molecule has 2 rings (SSSR count). The fraction of sp³-hybridized carbons (Fsp3) is 0.133. The maximum Gasteiger partial charge on any atom is 0.240 e. The molecule has 0 aromatic heterocycles. The van der Waals surface area contributed by atoms with Crippen LogP contribution in [0.15, 0.2) is 53.4 Å². The number of aromatic hydroxyl groups is 1. The SMILES string of the molecule is N#CCc1ccc(S(=O)(=O)NCc2cccc(O)c2)cc1. The maximum atomic E-state index is 12.1. The van der Waals surface area contributed by atoms with Gasteiger partial charge >= 0.3 is 0 Å². The normalized spacial score (nSPS) is 11.0. The van der Waals surface area contributed by atoms with Gasteiger partial charge in [-0.25, -0.2) is 13.1 Å². The fourth-order valence-electron chi connectivity index (χ4n) is 1.81. The molecule has 5 nitrogen and oxygen atoms in total. The van der Waals surface area contributed by atoms with Crippen molar-refractivity contribution >= 4 is 10.0 Å². The van der Waals surface area contributed by atoms with Crippen LogP contribution in [0, 0.1) is 11.3 Å². The molecule has 2 aromatic carbocycles. The molecule has 6 heteroatoms. The number of nitrogens with zero attached hydrogens (tertiary/aromatic N) is 1. The Kier molecular flexibility index (Phi) is 4.58. The van der Waals surface area contributed by atoms with Crippen molar-refractivity contribution in [3.8, 4) is 11.8 Å². The number of phenols is 1. The first-order valence-corrected chi connectivity index (χ1v) is 7.73. The fourth-order valence-corrected chi connectivity index (χ4v) is 2.82. The van der Waals surface area contributed by atoms with Gasteiger partial charge in [-0.05, 0) is 35.4 Å². The summed E-state index contributed by atoms with van der Waals surface area (Å²) in [6.07, 6.45) is 0.247. The molecule has 0 radical (unpaired) electrons. The van der Waals surface area contributed by atoms with Crippen molar-refractivity contribution in [2.45, 2.75) is 17.9 Å². The minimum absolute atomic E-state index is 0.0903. The summed E-state index contributed by atoms with van der Waals surface area (Å²) in [4.78, 5) is 0.143. The second kappa shape index (κ2) is 6.39. The van der Waals surface area contributed by atoms with E-state index in [0.29, 0.717) is 5.56 Å². The second-order valence-electron chi connectivity index (χ2n) is 4.47. The van der Waals surface area contributed by atoms with Gasteiger partial charge in [-0.2, -0.15) is 5.26 Å². The summed E-state index contributed by atoms with van der Waals surface area (Å²) in [7, 11) is -3.62. The van der Waals surface area contributed by atoms with Crippen LogP contribution < -0.4 is 4.72 Å². The third-order valence-corrected chi connectivity index (χ3v) is 4.31. The van der Waals surface area contributed by atoms with Crippen molar-refractivity contribution in [1.82, 2.24) is 4.72 Å². The van der Waals surface area contributed by atoms with Gasteiger partial charge in [0.25, 0.3) is 0 Å². The molecular formula is C15H14N2O3S. The van der Waals surface area contributed by atoms with Crippen LogP contribution in [0.4, 0.5) is 0 Å². The van der Waals surface area contributed by atoms with Gasteiger partial charge in [0.1, 0.15) is 5.75 Å². The van der Waals surface area contributed by atoms with Crippen molar-refractivity contribution in [3.05, 3.63) is 59.7 Å². The number of nitriles is 1. The zero-order valence-corrected chi connectivity index (χ0v) is 12.0. The van der Waals surface area contributed by atoms with Gasteiger partial charge in [0, 0.05) is 6.54 Å². The Bertz CT molecular complexity index is 762. The Morgan fingerprint density at radius 3 is 2.43 bits per heavy atom. The quantitative estimate of drug-likeness (QED) is 0.883. The van der Waals surface area contributed by atoms with Gasteiger partial charge in [0.2, 0.25) is 10.0 Å². The number of benzene rings is 2. The van der Waals surface area contributed by atoms with Gasteiger partial charge < -0.3 is 5.11 Å². The Morgan fingerprint density at radius 1 is 1.10 bits per heavy atom. The summed E-state index contributed by atoms with van der Waals surface area (Å²) in [5, 5.41) is 17.9. The lowest BCUT2D eigenvalue weighted by molar-refractivity contribution is 0.474. The Balaban J connectivity index is 2.09. The number of hydrogen-bond acceptors (Lipinski definition) is 4. The average Bonchev–Trinajstić information content (AvgIpc) is 2.46. The van der Waals surface area contributed by atoms with Crippen LogP contribution in [0.1, 0.15) is 11.1 Å². The van der Waals surface area contributed by atoms with Crippen molar-refractivity contribution in [1.29, 1.82) is 5.26 Å². The van der Waals surface area contributed by atoms with Crippen LogP contribution in [0.5, 0.6) is 5.75 Å². The lowest BCUT2D eigenvalue weighted by Crippen LogP contribution is -2.23. The van der Waals surface area contributed by atoms with Crippen LogP contribution in [0.2, 0.25) is 0 Å². The van der Waals surface area contributed by atoms with Gasteiger partial charge in [-0.1, -0.05) is 24.3 Å². The largest absolute Gasteiger partial charge is 0.508 e. The molecule has 21 heavy (non-hydrogen) atoms. The molecular weight excluding hydrogens is 288 g/mol. The van der Waals surface area contributed by atoms with E-state index < -0.39 is 10.0 Å². The second-order valence-corrected chi connectivity index (χ2v) is 6.24. The highest BCUT2D eigenvalue weighted by atomic mass is 32.2. The van der Waals surface area contributed by atoms with E-state index in [-0.39, 0.29) is 23.6 Å². The highest BCUT2D eigenvalue weighted by Gasteiger charge is 2.13. The van der Waals surface area contributed by atoms with E-state index in [1.165, 1.54) is 24.3 Å². The molecule has 2 N–H and O–H groups in total. The topological polar surface area (TPSA) is 90.2 Å². The lowest BCUT2D eigenvalue weighted by atomic mass is 10.2. The van der Waals surface area contributed by atoms with Crippen molar-refractivity contribution < 1.29 is 13.5 Å². The van der Waals surface area contributed by atoms with Crippen LogP contribution in [0.3, 0.4) is 0 Å². The van der Waals surface area contributed by atoms with Crippen LogP contribution in [0.25, 0.3) is 0 Å². The predicted molar refractivity (Wildman–Crippen MR) is 77.9 cm³/mol. The zero-order chi connectivity index (χ0) is 15.3. The molecule has 0 atom stereocenters. The number of sulfonamides is 1. The van der Waals surface area contributed by atoms with Gasteiger partial charge in [0.05, 0.1) is 17.4 Å². The monoisotopic (exact) mass is 302 g/mol. The molecule has 0 spiro atoms. The van der Waals surface area contributed by atoms with Crippen LogP contribution >= 0.6 is 0 Å². The molecule has 0 saturated heterocycles. The van der Waals surface area contributed by atoms with Gasteiger partial charge in [-0.15, -0.1) is 0 Å². The summed E-state index contributed by atoms with van der Waals surface area (Å²) in [6, 6.07) is 14.6. The van der Waals surface area contributed by atoms with Crippen molar-refractivity contribution in [3.63, 3.8) is 0 Å². The summed E-state index contributed by atoms with van der Waals surface area (Å²) in [6.45, 7) is 0.0939. The molecule has 108 valence electrons. The van der Waals surface area contributed by atoms with E-state index in [1.54, 1.807) is 24.3 Å². The van der Waals surface area contributed by atoms with E-state index in [2.05, 4.69) is 4.72 Å². The molecule has 0 saturated carbocycles. The third-order valence-electron chi connectivity index (χ3n) is 2.89. The number of phenolic OH excluding ortho intramolecular Hbond substituents is 1. The first-order valence-electron chi connectivity index (χ1n) is 6.25. The first-order chi connectivity index (χ1) is 10.0. The predicted octanol–water partition coefficient (Wildman–Crippen LogP) is 1.94. The van der Waals surface area contributed by atoms with E-state index in [1.807, 2.05) is 6.07 Å². The minimum atomic E-state index is -3.62. The Labute approximate surface area is 123 Å². The maximum absolute atomic E-state index is 12.1. The minimum Gasteiger partial charge on any atom is -0.508 e.